The number of carbonyl (C=O) groups is 1. The van der Waals surface area contributed by atoms with Gasteiger partial charge in [-0.05, 0) is 38.5 Å². The van der Waals surface area contributed by atoms with Crippen LogP contribution >= 0.6 is 10.7 Å². The van der Waals surface area contributed by atoms with E-state index < -0.39 is 15.0 Å². The highest BCUT2D eigenvalue weighted by Crippen LogP contribution is 2.28. The lowest BCUT2D eigenvalue weighted by molar-refractivity contribution is 0.0323. The summed E-state index contributed by atoms with van der Waals surface area (Å²) in [5, 5.41) is 0. The van der Waals surface area contributed by atoms with Crippen molar-refractivity contribution in [2.24, 2.45) is 0 Å². The first-order valence-corrected chi connectivity index (χ1v) is 9.03. The van der Waals surface area contributed by atoms with E-state index in [-0.39, 0.29) is 28.9 Å². The standard InChI is InChI=1S/C14H19ClO5S/c1-4-6-10(3)20-14(16)11-7-8-12(19-5-2)13(9-11)21(15,17)18/h7-10H,4-6H2,1-3H3. The van der Waals surface area contributed by atoms with Gasteiger partial charge < -0.3 is 9.47 Å². The smallest absolute Gasteiger partial charge is 0.338 e. The zero-order valence-corrected chi connectivity index (χ0v) is 13.8. The Labute approximate surface area is 129 Å². The summed E-state index contributed by atoms with van der Waals surface area (Å²) >= 11 is 0. The summed E-state index contributed by atoms with van der Waals surface area (Å²) in [4.78, 5) is 11.7. The largest absolute Gasteiger partial charge is 0.492 e. The van der Waals surface area contributed by atoms with Gasteiger partial charge >= 0.3 is 5.97 Å². The molecule has 21 heavy (non-hydrogen) atoms. The molecule has 0 bridgehead atoms. The summed E-state index contributed by atoms with van der Waals surface area (Å²) in [6, 6.07) is 4.03. The topological polar surface area (TPSA) is 69.7 Å². The lowest BCUT2D eigenvalue weighted by Crippen LogP contribution is -2.15. The van der Waals surface area contributed by atoms with Crippen LogP contribution in [-0.2, 0) is 13.8 Å². The Morgan fingerprint density at radius 2 is 2.00 bits per heavy atom. The third kappa shape index (κ3) is 5.21. The minimum absolute atomic E-state index is 0.116. The lowest BCUT2D eigenvalue weighted by Gasteiger charge is -2.13. The Kier molecular flexibility index (Phi) is 6.48. The maximum Gasteiger partial charge on any atom is 0.338 e. The molecule has 0 saturated carbocycles. The average molecular weight is 335 g/mol. The minimum atomic E-state index is -4.01. The van der Waals surface area contributed by atoms with Crippen LogP contribution in [0, 0.1) is 0 Å². The first-order valence-electron chi connectivity index (χ1n) is 6.72. The van der Waals surface area contributed by atoms with E-state index in [0.717, 1.165) is 12.8 Å². The summed E-state index contributed by atoms with van der Waals surface area (Å²) < 4.78 is 33.6. The molecule has 0 aliphatic heterocycles. The van der Waals surface area contributed by atoms with E-state index in [0.29, 0.717) is 0 Å². The van der Waals surface area contributed by atoms with Crippen molar-refractivity contribution in [2.45, 2.75) is 44.6 Å². The van der Waals surface area contributed by atoms with Crippen LogP contribution in [-0.4, -0.2) is 27.1 Å². The number of halogens is 1. The van der Waals surface area contributed by atoms with Crippen molar-refractivity contribution < 1.29 is 22.7 Å². The van der Waals surface area contributed by atoms with Crippen LogP contribution in [0.15, 0.2) is 23.1 Å². The van der Waals surface area contributed by atoms with Gasteiger partial charge in [0, 0.05) is 10.7 Å². The predicted octanol–water partition coefficient (Wildman–Crippen LogP) is 3.36. The van der Waals surface area contributed by atoms with E-state index in [1.54, 1.807) is 13.8 Å². The molecule has 1 aromatic rings. The van der Waals surface area contributed by atoms with Crippen LogP contribution in [0.2, 0.25) is 0 Å². The van der Waals surface area contributed by atoms with Crippen molar-refractivity contribution in [2.75, 3.05) is 6.61 Å². The van der Waals surface area contributed by atoms with Crippen LogP contribution in [0.3, 0.4) is 0 Å². The molecule has 5 nitrogen and oxygen atoms in total. The highest BCUT2D eigenvalue weighted by Gasteiger charge is 2.21. The van der Waals surface area contributed by atoms with Crippen LogP contribution in [0.1, 0.15) is 44.0 Å². The third-order valence-electron chi connectivity index (χ3n) is 2.75. The Balaban J connectivity index is 3.08. The van der Waals surface area contributed by atoms with E-state index in [4.69, 9.17) is 20.2 Å². The molecule has 0 aliphatic rings. The molecular formula is C14H19ClO5S. The summed E-state index contributed by atoms with van der Waals surface area (Å²) in [7, 11) is 1.36. The lowest BCUT2D eigenvalue weighted by atomic mass is 10.2. The van der Waals surface area contributed by atoms with Crippen molar-refractivity contribution >= 4 is 25.7 Å². The fraction of sp³-hybridized carbons (Fsp3) is 0.500. The van der Waals surface area contributed by atoms with Gasteiger partial charge in [0.1, 0.15) is 10.6 Å². The van der Waals surface area contributed by atoms with Crippen molar-refractivity contribution in [1.82, 2.24) is 0 Å². The van der Waals surface area contributed by atoms with Gasteiger partial charge in [0.15, 0.2) is 0 Å². The molecule has 1 rings (SSSR count). The van der Waals surface area contributed by atoms with Crippen molar-refractivity contribution in [3.63, 3.8) is 0 Å². The predicted molar refractivity (Wildman–Crippen MR) is 80.4 cm³/mol. The maximum atomic E-state index is 12.0. The molecule has 0 radical (unpaired) electrons. The number of esters is 1. The number of hydrogen-bond donors (Lipinski definition) is 0. The molecule has 0 spiro atoms. The van der Waals surface area contributed by atoms with Crippen molar-refractivity contribution in [1.29, 1.82) is 0 Å². The summed E-state index contributed by atoms with van der Waals surface area (Å²) in [5.41, 5.74) is 0.126. The van der Waals surface area contributed by atoms with Crippen LogP contribution in [0.5, 0.6) is 5.75 Å². The molecule has 0 aromatic heterocycles. The van der Waals surface area contributed by atoms with E-state index in [2.05, 4.69) is 0 Å². The van der Waals surface area contributed by atoms with Gasteiger partial charge in [0.05, 0.1) is 18.3 Å². The Morgan fingerprint density at radius 3 is 2.52 bits per heavy atom. The van der Waals surface area contributed by atoms with E-state index in [9.17, 15) is 13.2 Å². The van der Waals surface area contributed by atoms with Gasteiger partial charge in [0.25, 0.3) is 9.05 Å². The second kappa shape index (κ2) is 7.66. The average Bonchev–Trinajstić information content (AvgIpc) is 2.38. The molecule has 0 saturated heterocycles. The number of hydrogen-bond acceptors (Lipinski definition) is 5. The Hall–Kier alpha value is -1.27. The number of ether oxygens (including phenoxy) is 2. The van der Waals surface area contributed by atoms with E-state index >= 15 is 0 Å². The van der Waals surface area contributed by atoms with Crippen molar-refractivity contribution in [3.05, 3.63) is 23.8 Å². The highest BCUT2D eigenvalue weighted by atomic mass is 35.7. The van der Waals surface area contributed by atoms with E-state index in [1.807, 2.05) is 6.92 Å². The molecule has 0 N–H and O–H groups in total. The molecule has 1 atom stereocenters. The quantitative estimate of drug-likeness (QED) is 0.565. The van der Waals surface area contributed by atoms with E-state index in [1.165, 1.54) is 18.2 Å². The Bertz CT molecular complexity index is 597. The summed E-state index contributed by atoms with van der Waals surface area (Å²) in [6.07, 6.45) is 1.40. The molecule has 0 heterocycles. The SMILES string of the molecule is CCCC(C)OC(=O)c1ccc(OCC)c(S(=O)(=O)Cl)c1. The molecule has 0 amide bonds. The first-order chi connectivity index (χ1) is 9.79. The zero-order chi connectivity index (χ0) is 16.0. The van der Waals surface area contributed by atoms with Gasteiger partial charge in [0.2, 0.25) is 0 Å². The molecule has 7 heteroatoms. The Morgan fingerprint density at radius 1 is 1.33 bits per heavy atom. The molecule has 118 valence electrons. The number of rotatable bonds is 7. The van der Waals surface area contributed by atoms with Crippen LogP contribution < -0.4 is 4.74 Å². The first kappa shape index (κ1) is 17.8. The molecule has 0 aliphatic carbocycles. The van der Waals surface area contributed by atoms with Gasteiger partial charge in [-0.25, -0.2) is 13.2 Å². The zero-order valence-electron chi connectivity index (χ0n) is 12.3. The molecule has 0 fully saturated rings. The second-order valence-corrected chi connectivity index (χ2v) is 7.07. The fourth-order valence-electron chi connectivity index (χ4n) is 1.82. The second-order valence-electron chi connectivity index (χ2n) is 4.54. The molecule has 1 aromatic carbocycles. The van der Waals surface area contributed by atoms with Crippen LogP contribution in [0.4, 0.5) is 0 Å². The molecule has 1 unspecified atom stereocenters. The van der Waals surface area contributed by atoms with Gasteiger partial charge in [-0.1, -0.05) is 13.3 Å². The maximum absolute atomic E-state index is 12.0. The van der Waals surface area contributed by atoms with Crippen molar-refractivity contribution in [3.8, 4) is 5.75 Å². The number of carbonyl (C=O) groups excluding carboxylic acids is 1. The van der Waals surface area contributed by atoms with Crippen LogP contribution in [0.25, 0.3) is 0 Å². The normalized spacial score (nSPS) is 12.8. The molecular weight excluding hydrogens is 316 g/mol. The monoisotopic (exact) mass is 334 g/mol. The summed E-state index contributed by atoms with van der Waals surface area (Å²) in [5.74, 6) is -0.466. The fourth-order valence-corrected chi connectivity index (χ4v) is 2.81. The van der Waals surface area contributed by atoms with Gasteiger partial charge in [-0.3, -0.25) is 0 Å². The van der Waals surface area contributed by atoms with Gasteiger partial charge in [-0.2, -0.15) is 0 Å². The number of benzene rings is 1. The van der Waals surface area contributed by atoms with Gasteiger partial charge in [-0.15, -0.1) is 0 Å². The highest BCUT2D eigenvalue weighted by molar-refractivity contribution is 8.13. The minimum Gasteiger partial charge on any atom is -0.492 e. The summed E-state index contributed by atoms with van der Waals surface area (Å²) in [6.45, 7) is 5.78. The third-order valence-corrected chi connectivity index (χ3v) is 4.09.